The topological polar surface area (TPSA) is 71.2 Å². The van der Waals surface area contributed by atoms with Gasteiger partial charge in [-0.3, -0.25) is 4.79 Å². The number of morpholine rings is 1. The van der Waals surface area contributed by atoms with E-state index in [1.54, 1.807) is 35.2 Å². The number of nitrogens with zero attached hydrogens (tertiary/aromatic N) is 2. The summed E-state index contributed by atoms with van der Waals surface area (Å²) in [6.07, 6.45) is 1.81. The smallest absolute Gasteiger partial charge is 0.338 e. The van der Waals surface area contributed by atoms with Gasteiger partial charge in [0, 0.05) is 30.2 Å². The molecular formula is C18H16N2O4. The Labute approximate surface area is 137 Å². The van der Waals surface area contributed by atoms with Gasteiger partial charge in [-0.15, -0.1) is 0 Å². The van der Waals surface area contributed by atoms with Crippen LogP contribution in [0.3, 0.4) is 0 Å². The molecular weight excluding hydrogens is 308 g/mol. The molecule has 1 aliphatic rings. The Balaban J connectivity index is 1.87. The van der Waals surface area contributed by atoms with Crippen LogP contribution in [0.4, 0.5) is 0 Å². The second kappa shape index (κ2) is 5.65. The zero-order valence-electron chi connectivity index (χ0n) is 12.9. The van der Waals surface area contributed by atoms with Crippen LogP contribution < -0.4 is 0 Å². The van der Waals surface area contributed by atoms with Crippen LogP contribution in [-0.4, -0.2) is 52.6 Å². The first kappa shape index (κ1) is 14.7. The molecule has 1 saturated heterocycles. The highest BCUT2D eigenvalue weighted by molar-refractivity contribution is 6.12. The van der Waals surface area contributed by atoms with E-state index >= 15 is 0 Å². The quantitative estimate of drug-likeness (QED) is 0.785. The maximum Gasteiger partial charge on any atom is 0.338 e. The summed E-state index contributed by atoms with van der Waals surface area (Å²) >= 11 is 0. The Morgan fingerprint density at radius 3 is 2.58 bits per heavy atom. The van der Waals surface area contributed by atoms with Crippen LogP contribution in [0, 0.1) is 0 Å². The minimum atomic E-state index is -0.971. The highest BCUT2D eigenvalue weighted by Crippen LogP contribution is 2.28. The van der Waals surface area contributed by atoms with Crippen molar-refractivity contribution in [1.29, 1.82) is 0 Å². The van der Waals surface area contributed by atoms with Crippen molar-refractivity contribution in [3.8, 4) is 0 Å². The van der Waals surface area contributed by atoms with E-state index < -0.39 is 5.97 Å². The van der Waals surface area contributed by atoms with E-state index in [0.29, 0.717) is 42.8 Å². The molecule has 3 aromatic rings. The fourth-order valence-electron chi connectivity index (χ4n) is 3.24. The number of hydrogen-bond acceptors (Lipinski definition) is 3. The van der Waals surface area contributed by atoms with E-state index in [-0.39, 0.29) is 11.5 Å². The van der Waals surface area contributed by atoms with Crippen LogP contribution in [-0.2, 0) is 4.74 Å². The minimum Gasteiger partial charge on any atom is -0.478 e. The monoisotopic (exact) mass is 324 g/mol. The number of aromatic carboxylic acids is 1. The summed E-state index contributed by atoms with van der Waals surface area (Å²) in [5.41, 5.74) is 2.17. The first-order chi connectivity index (χ1) is 11.7. The minimum absolute atomic E-state index is 0.0528. The average Bonchev–Trinajstić information content (AvgIpc) is 2.95. The average molecular weight is 324 g/mol. The summed E-state index contributed by atoms with van der Waals surface area (Å²) in [7, 11) is 0. The van der Waals surface area contributed by atoms with Crippen molar-refractivity contribution in [3.05, 3.63) is 53.7 Å². The summed E-state index contributed by atoms with van der Waals surface area (Å²) in [4.78, 5) is 26.1. The predicted octanol–water partition coefficient (Wildman–Crippen LogP) is 2.26. The van der Waals surface area contributed by atoms with Gasteiger partial charge in [0.2, 0.25) is 0 Å². The number of carboxylic acids is 1. The molecule has 24 heavy (non-hydrogen) atoms. The number of rotatable bonds is 2. The van der Waals surface area contributed by atoms with Crippen molar-refractivity contribution in [3.63, 3.8) is 0 Å². The number of aromatic nitrogens is 1. The maximum absolute atomic E-state index is 12.7. The van der Waals surface area contributed by atoms with Gasteiger partial charge >= 0.3 is 5.97 Å². The SMILES string of the molecule is O=C(O)c1c2ccc(C(=O)N3CCOCC3)cc2n2ccccc12. The molecule has 6 nitrogen and oxygen atoms in total. The number of carbonyl (C=O) groups excluding carboxylic acids is 1. The number of pyridine rings is 1. The first-order valence-corrected chi connectivity index (χ1v) is 7.80. The van der Waals surface area contributed by atoms with Crippen LogP contribution >= 0.6 is 0 Å². The number of carboxylic acid groups (broad SMARTS) is 1. The molecule has 4 rings (SSSR count). The fraction of sp³-hybridized carbons (Fsp3) is 0.222. The number of ether oxygens (including phenoxy) is 1. The lowest BCUT2D eigenvalue weighted by Crippen LogP contribution is -2.40. The van der Waals surface area contributed by atoms with Crippen molar-refractivity contribution in [1.82, 2.24) is 9.30 Å². The lowest BCUT2D eigenvalue weighted by Gasteiger charge is -2.26. The summed E-state index contributed by atoms with van der Waals surface area (Å²) in [5.74, 6) is -1.02. The third-order valence-corrected chi connectivity index (χ3v) is 4.40. The maximum atomic E-state index is 12.7. The molecule has 0 radical (unpaired) electrons. The zero-order chi connectivity index (χ0) is 16.7. The molecule has 0 bridgehead atoms. The standard InChI is InChI=1S/C18H16N2O4/c21-17(19-7-9-24-10-8-19)12-4-5-13-15(11-12)20-6-2-1-3-14(20)16(13)18(22)23/h1-6,11H,7-10H2,(H,22,23). The number of carbonyl (C=O) groups is 2. The van der Waals surface area contributed by atoms with E-state index in [1.165, 1.54) is 0 Å². The van der Waals surface area contributed by atoms with Crippen molar-refractivity contribution in [2.45, 2.75) is 0 Å². The largest absolute Gasteiger partial charge is 0.478 e. The molecule has 0 unspecified atom stereocenters. The summed E-state index contributed by atoms with van der Waals surface area (Å²) < 4.78 is 7.09. The molecule has 122 valence electrons. The Bertz CT molecular complexity index is 954. The van der Waals surface area contributed by atoms with Gasteiger partial charge in [0.25, 0.3) is 5.91 Å². The van der Waals surface area contributed by atoms with Crippen LogP contribution in [0.5, 0.6) is 0 Å². The second-order valence-electron chi connectivity index (χ2n) is 5.77. The van der Waals surface area contributed by atoms with E-state index in [0.717, 1.165) is 5.52 Å². The molecule has 0 spiro atoms. The van der Waals surface area contributed by atoms with Crippen molar-refractivity contribution in [2.24, 2.45) is 0 Å². The summed E-state index contributed by atoms with van der Waals surface area (Å²) in [6, 6.07) is 10.6. The first-order valence-electron chi connectivity index (χ1n) is 7.80. The number of hydrogen-bond donors (Lipinski definition) is 1. The van der Waals surface area contributed by atoms with Crippen LogP contribution in [0.25, 0.3) is 16.4 Å². The molecule has 1 fully saturated rings. The van der Waals surface area contributed by atoms with Gasteiger partial charge < -0.3 is 19.1 Å². The summed E-state index contributed by atoms with van der Waals surface area (Å²) in [6.45, 7) is 2.24. The van der Waals surface area contributed by atoms with Crippen LogP contribution in [0.1, 0.15) is 20.7 Å². The third kappa shape index (κ3) is 2.23. The number of amides is 1. The van der Waals surface area contributed by atoms with Gasteiger partial charge in [-0.1, -0.05) is 12.1 Å². The lowest BCUT2D eigenvalue weighted by molar-refractivity contribution is 0.0303. The third-order valence-electron chi connectivity index (χ3n) is 4.40. The van der Waals surface area contributed by atoms with Gasteiger partial charge in [-0.05, 0) is 24.3 Å². The fourth-order valence-corrected chi connectivity index (χ4v) is 3.24. The second-order valence-corrected chi connectivity index (χ2v) is 5.77. The van der Waals surface area contributed by atoms with Crippen molar-refractivity contribution in [2.75, 3.05) is 26.3 Å². The Kier molecular flexibility index (Phi) is 3.46. The lowest BCUT2D eigenvalue weighted by atomic mass is 10.1. The molecule has 1 aromatic carbocycles. The highest BCUT2D eigenvalue weighted by Gasteiger charge is 2.21. The van der Waals surface area contributed by atoms with Crippen molar-refractivity contribution < 1.29 is 19.4 Å². The van der Waals surface area contributed by atoms with Gasteiger partial charge in [-0.2, -0.15) is 0 Å². The predicted molar refractivity (Wildman–Crippen MR) is 88.6 cm³/mol. The van der Waals surface area contributed by atoms with E-state index in [2.05, 4.69) is 0 Å². The normalized spacial score (nSPS) is 15.1. The van der Waals surface area contributed by atoms with Gasteiger partial charge in [0.1, 0.15) is 0 Å². The Morgan fingerprint density at radius 2 is 1.83 bits per heavy atom. The van der Waals surface area contributed by atoms with Crippen LogP contribution in [0.2, 0.25) is 0 Å². The van der Waals surface area contributed by atoms with Gasteiger partial charge in [-0.25, -0.2) is 4.79 Å². The molecule has 0 aliphatic carbocycles. The van der Waals surface area contributed by atoms with E-state index in [9.17, 15) is 14.7 Å². The van der Waals surface area contributed by atoms with Crippen LogP contribution in [0.15, 0.2) is 42.6 Å². The molecule has 1 amide bonds. The molecule has 2 aromatic heterocycles. The number of benzene rings is 1. The molecule has 6 heteroatoms. The molecule has 1 aliphatic heterocycles. The Hall–Kier alpha value is -2.86. The van der Waals surface area contributed by atoms with Gasteiger partial charge in [0.05, 0.1) is 29.8 Å². The molecule has 0 saturated carbocycles. The highest BCUT2D eigenvalue weighted by atomic mass is 16.5. The summed E-state index contributed by atoms with van der Waals surface area (Å²) in [5, 5.41) is 10.2. The van der Waals surface area contributed by atoms with E-state index in [1.807, 2.05) is 16.7 Å². The van der Waals surface area contributed by atoms with E-state index in [4.69, 9.17) is 4.74 Å². The van der Waals surface area contributed by atoms with Gasteiger partial charge in [0.15, 0.2) is 0 Å². The molecule has 0 atom stereocenters. The Morgan fingerprint density at radius 1 is 1.04 bits per heavy atom. The number of fused-ring (bicyclic) bond motifs is 3. The van der Waals surface area contributed by atoms with Crippen molar-refractivity contribution >= 4 is 28.3 Å². The zero-order valence-corrected chi connectivity index (χ0v) is 12.9. The molecule has 3 heterocycles. The molecule has 1 N–H and O–H groups in total.